The molecule has 0 spiro atoms. The molecule has 1 aromatic heterocycles. The van der Waals surface area contributed by atoms with Crippen LogP contribution in [0.1, 0.15) is 26.5 Å². The molecule has 3 rings (SSSR count). The van der Waals surface area contributed by atoms with Crippen LogP contribution in [0, 0.1) is 18.6 Å². The smallest absolute Gasteiger partial charge is 0.256 e. The van der Waals surface area contributed by atoms with Crippen LogP contribution in [0.4, 0.5) is 20.3 Å². The van der Waals surface area contributed by atoms with Gasteiger partial charge in [0, 0.05) is 28.9 Å². The van der Waals surface area contributed by atoms with Crippen molar-refractivity contribution in [2.45, 2.75) is 6.92 Å². The van der Waals surface area contributed by atoms with Crippen LogP contribution in [0.2, 0.25) is 0 Å². The number of aryl methyl sites for hydroxylation is 1. The van der Waals surface area contributed by atoms with E-state index in [0.717, 1.165) is 12.1 Å². The van der Waals surface area contributed by atoms with E-state index in [1.54, 1.807) is 13.0 Å². The molecule has 132 valence electrons. The zero-order valence-corrected chi connectivity index (χ0v) is 13.5. The van der Waals surface area contributed by atoms with Crippen molar-refractivity contribution in [3.05, 3.63) is 77.1 Å². The molecule has 8 heteroatoms. The predicted molar refractivity (Wildman–Crippen MR) is 89.9 cm³/mol. The Morgan fingerprint density at radius 3 is 2.23 bits per heavy atom. The summed E-state index contributed by atoms with van der Waals surface area (Å²) < 4.78 is 31.0. The predicted octanol–water partition coefficient (Wildman–Crippen LogP) is 3.77. The molecule has 0 aliphatic carbocycles. The standard InChI is InChI=1S/C18H13F2N3O3/c1-10-7-16(23-26-10)22-18(25)12-4-2-3-11(8-12)17(24)21-13-5-6-14(19)15(20)9-13/h2-9H,1H3,(H,21,24)(H,22,23,25). The third-order valence-corrected chi connectivity index (χ3v) is 3.43. The first kappa shape index (κ1) is 17.3. The highest BCUT2D eigenvalue weighted by molar-refractivity contribution is 6.08. The van der Waals surface area contributed by atoms with Gasteiger partial charge in [0.2, 0.25) is 0 Å². The zero-order valence-electron chi connectivity index (χ0n) is 13.5. The molecule has 2 aromatic carbocycles. The van der Waals surface area contributed by atoms with Gasteiger partial charge in [-0.1, -0.05) is 11.2 Å². The van der Waals surface area contributed by atoms with Crippen LogP contribution in [-0.2, 0) is 0 Å². The molecule has 2 N–H and O–H groups in total. The molecular formula is C18H13F2N3O3. The van der Waals surface area contributed by atoms with Crippen molar-refractivity contribution in [1.29, 1.82) is 0 Å². The molecule has 2 amide bonds. The molecule has 3 aromatic rings. The number of anilines is 2. The first-order valence-electron chi connectivity index (χ1n) is 7.53. The van der Waals surface area contributed by atoms with Crippen LogP contribution in [0.15, 0.2) is 53.1 Å². The van der Waals surface area contributed by atoms with E-state index >= 15 is 0 Å². The molecule has 1 heterocycles. The number of aromatic nitrogens is 1. The molecule has 26 heavy (non-hydrogen) atoms. The van der Waals surface area contributed by atoms with Crippen molar-refractivity contribution in [3.8, 4) is 0 Å². The summed E-state index contributed by atoms with van der Waals surface area (Å²) >= 11 is 0. The van der Waals surface area contributed by atoms with Gasteiger partial charge in [0.15, 0.2) is 17.5 Å². The lowest BCUT2D eigenvalue weighted by molar-refractivity contribution is 0.102. The molecule has 0 aliphatic rings. The van der Waals surface area contributed by atoms with E-state index in [2.05, 4.69) is 15.8 Å². The molecule has 0 radical (unpaired) electrons. The Morgan fingerprint density at radius 1 is 0.923 bits per heavy atom. The normalized spacial score (nSPS) is 10.4. The first-order chi connectivity index (χ1) is 12.4. The van der Waals surface area contributed by atoms with Gasteiger partial charge in [0.25, 0.3) is 11.8 Å². The second-order valence-corrected chi connectivity index (χ2v) is 5.44. The van der Waals surface area contributed by atoms with Crippen molar-refractivity contribution in [2.75, 3.05) is 10.6 Å². The van der Waals surface area contributed by atoms with Gasteiger partial charge >= 0.3 is 0 Å². The van der Waals surface area contributed by atoms with Crippen LogP contribution in [0.3, 0.4) is 0 Å². The maximum absolute atomic E-state index is 13.2. The van der Waals surface area contributed by atoms with E-state index in [1.807, 2.05) is 0 Å². The lowest BCUT2D eigenvalue weighted by Crippen LogP contribution is -2.15. The SMILES string of the molecule is Cc1cc(NC(=O)c2cccc(C(=O)Nc3ccc(F)c(F)c3)c2)no1. The van der Waals surface area contributed by atoms with E-state index < -0.39 is 23.4 Å². The Balaban J connectivity index is 1.74. The molecular weight excluding hydrogens is 344 g/mol. The maximum atomic E-state index is 13.2. The Hall–Kier alpha value is -3.55. The molecule has 0 atom stereocenters. The Bertz CT molecular complexity index is 985. The molecule has 0 saturated carbocycles. The summed E-state index contributed by atoms with van der Waals surface area (Å²) in [4.78, 5) is 24.5. The van der Waals surface area contributed by atoms with Gasteiger partial charge in [-0.2, -0.15) is 0 Å². The summed E-state index contributed by atoms with van der Waals surface area (Å²) in [5.74, 6) is -2.32. The van der Waals surface area contributed by atoms with E-state index in [0.29, 0.717) is 5.76 Å². The number of nitrogens with zero attached hydrogens (tertiary/aromatic N) is 1. The molecule has 0 unspecified atom stereocenters. The minimum atomic E-state index is -1.07. The fraction of sp³-hybridized carbons (Fsp3) is 0.0556. The van der Waals surface area contributed by atoms with Crippen LogP contribution >= 0.6 is 0 Å². The highest BCUT2D eigenvalue weighted by Gasteiger charge is 2.13. The van der Waals surface area contributed by atoms with Gasteiger partial charge in [0.05, 0.1) is 0 Å². The van der Waals surface area contributed by atoms with Gasteiger partial charge in [0.1, 0.15) is 5.76 Å². The van der Waals surface area contributed by atoms with E-state index in [9.17, 15) is 18.4 Å². The topological polar surface area (TPSA) is 84.2 Å². The van der Waals surface area contributed by atoms with Crippen molar-refractivity contribution in [2.24, 2.45) is 0 Å². The largest absolute Gasteiger partial charge is 0.360 e. The van der Waals surface area contributed by atoms with Gasteiger partial charge in [-0.3, -0.25) is 9.59 Å². The van der Waals surface area contributed by atoms with E-state index in [-0.39, 0.29) is 22.6 Å². The quantitative estimate of drug-likeness (QED) is 0.744. The fourth-order valence-corrected chi connectivity index (χ4v) is 2.19. The Morgan fingerprint density at radius 2 is 1.62 bits per heavy atom. The highest BCUT2D eigenvalue weighted by Crippen LogP contribution is 2.16. The van der Waals surface area contributed by atoms with Crippen molar-refractivity contribution >= 4 is 23.3 Å². The third kappa shape index (κ3) is 3.92. The number of benzene rings is 2. The average Bonchev–Trinajstić information content (AvgIpc) is 3.03. The van der Waals surface area contributed by atoms with Crippen LogP contribution in [-0.4, -0.2) is 17.0 Å². The fourth-order valence-electron chi connectivity index (χ4n) is 2.19. The average molecular weight is 357 g/mol. The molecule has 0 bridgehead atoms. The van der Waals surface area contributed by atoms with Crippen molar-refractivity contribution < 1.29 is 22.9 Å². The number of hydrogen-bond donors (Lipinski definition) is 2. The van der Waals surface area contributed by atoms with E-state index in [4.69, 9.17) is 4.52 Å². The molecule has 0 saturated heterocycles. The zero-order chi connectivity index (χ0) is 18.7. The molecule has 0 aliphatic heterocycles. The van der Waals surface area contributed by atoms with Crippen LogP contribution < -0.4 is 10.6 Å². The van der Waals surface area contributed by atoms with Crippen LogP contribution in [0.25, 0.3) is 0 Å². The van der Waals surface area contributed by atoms with Crippen LogP contribution in [0.5, 0.6) is 0 Å². The Kier molecular flexibility index (Phi) is 4.74. The number of nitrogens with one attached hydrogen (secondary N) is 2. The minimum absolute atomic E-state index is 0.0989. The van der Waals surface area contributed by atoms with Gasteiger partial charge < -0.3 is 15.2 Å². The number of halogens is 2. The number of amides is 2. The van der Waals surface area contributed by atoms with Gasteiger partial charge in [-0.25, -0.2) is 8.78 Å². The first-order valence-corrected chi connectivity index (χ1v) is 7.53. The summed E-state index contributed by atoms with van der Waals surface area (Å²) in [6.45, 7) is 1.69. The van der Waals surface area contributed by atoms with Gasteiger partial charge in [-0.05, 0) is 37.3 Å². The highest BCUT2D eigenvalue weighted by atomic mass is 19.2. The number of hydrogen-bond acceptors (Lipinski definition) is 4. The second kappa shape index (κ2) is 7.14. The summed E-state index contributed by atoms with van der Waals surface area (Å²) in [7, 11) is 0. The lowest BCUT2D eigenvalue weighted by Gasteiger charge is -2.07. The molecule has 0 fully saturated rings. The number of carbonyl (C=O) groups excluding carboxylic acids is 2. The lowest BCUT2D eigenvalue weighted by atomic mass is 10.1. The summed E-state index contributed by atoms with van der Waals surface area (Å²) in [5, 5.41) is 8.64. The van der Waals surface area contributed by atoms with Crippen molar-refractivity contribution in [3.63, 3.8) is 0 Å². The van der Waals surface area contributed by atoms with E-state index in [1.165, 1.54) is 30.3 Å². The van der Waals surface area contributed by atoms with Gasteiger partial charge in [-0.15, -0.1) is 0 Å². The number of carbonyl (C=O) groups is 2. The monoisotopic (exact) mass is 357 g/mol. The number of rotatable bonds is 4. The summed E-state index contributed by atoms with van der Waals surface area (Å²) in [6.07, 6.45) is 0. The summed E-state index contributed by atoms with van der Waals surface area (Å²) in [6, 6.07) is 10.5. The third-order valence-electron chi connectivity index (χ3n) is 3.43. The molecule has 6 nitrogen and oxygen atoms in total. The Labute approximate surface area is 146 Å². The second-order valence-electron chi connectivity index (χ2n) is 5.44. The van der Waals surface area contributed by atoms with Crippen molar-refractivity contribution in [1.82, 2.24) is 5.16 Å². The minimum Gasteiger partial charge on any atom is -0.360 e. The summed E-state index contributed by atoms with van der Waals surface area (Å²) in [5.41, 5.74) is 0.504. The maximum Gasteiger partial charge on any atom is 0.256 e.